The predicted molar refractivity (Wildman–Crippen MR) is 57.8 cm³/mol. The summed E-state index contributed by atoms with van der Waals surface area (Å²) >= 11 is 0. The Morgan fingerprint density at radius 1 is 1.43 bits per heavy atom. The Morgan fingerprint density at radius 2 is 2.21 bits per heavy atom. The van der Waals surface area contributed by atoms with Gasteiger partial charge in [0.15, 0.2) is 0 Å². The third-order valence-electron chi connectivity index (χ3n) is 3.29. The molecule has 0 atom stereocenters. The molecule has 0 aliphatic carbocycles. The third-order valence-corrected chi connectivity index (χ3v) is 3.29. The molecule has 14 heavy (non-hydrogen) atoms. The van der Waals surface area contributed by atoms with E-state index in [1.165, 1.54) is 12.0 Å². The van der Waals surface area contributed by atoms with Crippen LogP contribution in [0.3, 0.4) is 0 Å². The average Bonchev–Trinajstić information content (AvgIpc) is 2.18. The van der Waals surface area contributed by atoms with Gasteiger partial charge in [0.05, 0.1) is 7.11 Å². The van der Waals surface area contributed by atoms with E-state index in [4.69, 9.17) is 4.74 Å². The number of ether oxygens (including phenoxy) is 1. The van der Waals surface area contributed by atoms with Gasteiger partial charge < -0.3 is 10.1 Å². The standard InChI is InChI=1S/C12H17NO/c1-3-12(8-13-9-12)10-5-4-6-11(7-10)14-2/h4-7,13H,3,8-9H2,1-2H3. The van der Waals surface area contributed by atoms with Crippen molar-refractivity contribution in [3.8, 4) is 5.75 Å². The van der Waals surface area contributed by atoms with E-state index in [1.807, 2.05) is 6.07 Å². The molecule has 1 saturated heterocycles. The minimum absolute atomic E-state index is 0.356. The molecule has 1 heterocycles. The zero-order valence-electron chi connectivity index (χ0n) is 8.84. The minimum Gasteiger partial charge on any atom is -0.497 e. The second-order valence-corrected chi connectivity index (χ2v) is 3.97. The van der Waals surface area contributed by atoms with Gasteiger partial charge >= 0.3 is 0 Å². The zero-order chi connectivity index (χ0) is 10.0. The van der Waals surface area contributed by atoms with Gasteiger partial charge in [0.1, 0.15) is 5.75 Å². The van der Waals surface area contributed by atoms with Crippen LogP contribution in [-0.2, 0) is 5.41 Å². The molecule has 76 valence electrons. The fourth-order valence-electron chi connectivity index (χ4n) is 2.04. The van der Waals surface area contributed by atoms with Crippen LogP contribution < -0.4 is 10.1 Å². The van der Waals surface area contributed by atoms with Gasteiger partial charge in [0.2, 0.25) is 0 Å². The monoisotopic (exact) mass is 191 g/mol. The van der Waals surface area contributed by atoms with E-state index in [2.05, 4.69) is 30.4 Å². The Hall–Kier alpha value is -1.02. The second-order valence-electron chi connectivity index (χ2n) is 3.97. The molecule has 0 radical (unpaired) electrons. The van der Waals surface area contributed by atoms with Crippen LogP contribution in [0.1, 0.15) is 18.9 Å². The van der Waals surface area contributed by atoms with Crippen LogP contribution in [0.2, 0.25) is 0 Å². The molecule has 0 unspecified atom stereocenters. The number of benzene rings is 1. The highest BCUT2D eigenvalue weighted by Gasteiger charge is 2.36. The molecule has 2 heteroatoms. The van der Waals surface area contributed by atoms with Gasteiger partial charge in [-0.05, 0) is 24.1 Å². The quantitative estimate of drug-likeness (QED) is 0.788. The van der Waals surface area contributed by atoms with Crippen LogP contribution in [0.4, 0.5) is 0 Å². The number of hydrogen-bond donors (Lipinski definition) is 1. The maximum atomic E-state index is 5.24. The summed E-state index contributed by atoms with van der Waals surface area (Å²) in [4.78, 5) is 0. The molecule has 1 aromatic rings. The van der Waals surface area contributed by atoms with E-state index < -0.39 is 0 Å². The number of methoxy groups -OCH3 is 1. The molecular formula is C12H17NO. The van der Waals surface area contributed by atoms with Crippen molar-refractivity contribution < 1.29 is 4.74 Å². The third kappa shape index (κ3) is 1.40. The van der Waals surface area contributed by atoms with Gasteiger partial charge in [-0.1, -0.05) is 19.1 Å². The number of hydrogen-bond acceptors (Lipinski definition) is 2. The molecule has 0 aromatic heterocycles. The average molecular weight is 191 g/mol. The van der Waals surface area contributed by atoms with Crippen molar-refractivity contribution in [3.05, 3.63) is 29.8 Å². The van der Waals surface area contributed by atoms with E-state index in [0.29, 0.717) is 5.41 Å². The van der Waals surface area contributed by atoms with Crippen molar-refractivity contribution >= 4 is 0 Å². The first-order valence-electron chi connectivity index (χ1n) is 5.16. The molecule has 2 nitrogen and oxygen atoms in total. The molecule has 1 fully saturated rings. The maximum Gasteiger partial charge on any atom is 0.119 e. The van der Waals surface area contributed by atoms with Crippen LogP contribution in [-0.4, -0.2) is 20.2 Å². The van der Waals surface area contributed by atoms with Crippen molar-refractivity contribution in [2.75, 3.05) is 20.2 Å². The summed E-state index contributed by atoms with van der Waals surface area (Å²) in [6.45, 7) is 4.44. The molecule has 0 spiro atoms. The summed E-state index contributed by atoms with van der Waals surface area (Å²) < 4.78 is 5.24. The first kappa shape index (κ1) is 9.53. The lowest BCUT2D eigenvalue weighted by molar-refractivity contribution is 0.266. The van der Waals surface area contributed by atoms with E-state index in [1.54, 1.807) is 7.11 Å². The highest BCUT2D eigenvalue weighted by atomic mass is 16.5. The summed E-state index contributed by atoms with van der Waals surface area (Å²) in [5.41, 5.74) is 1.76. The van der Waals surface area contributed by atoms with Gasteiger partial charge in [-0.3, -0.25) is 0 Å². The number of nitrogens with one attached hydrogen (secondary N) is 1. The molecule has 0 saturated carbocycles. The van der Waals surface area contributed by atoms with E-state index >= 15 is 0 Å². The summed E-state index contributed by atoms with van der Waals surface area (Å²) in [6.07, 6.45) is 1.19. The van der Waals surface area contributed by atoms with Crippen LogP contribution in [0.15, 0.2) is 24.3 Å². The van der Waals surface area contributed by atoms with Crippen LogP contribution in [0, 0.1) is 0 Å². The van der Waals surface area contributed by atoms with Gasteiger partial charge in [-0.2, -0.15) is 0 Å². The molecule has 2 rings (SSSR count). The van der Waals surface area contributed by atoms with Crippen molar-refractivity contribution in [2.24, 2.45) is 0 Å². The van der Waals surface area contributed by atoms with E-state index in [-0.39, 0.29) is 0 Å². The first-order chi connectivity index (χ1) is 6.80. The normalized spacial score (nSPS) is 18.7. The minimum atomic E-state index is 0.356. The molecule has 1 aliphatic heterocycles. The van der Waals surface area contributed by atoms with Crippen molar-refractivity contribution in [2.45, 2.75) is 18.8 Å². The molecule has 0 bridgehead atoms. The van der Waals surface area contributed by atoms with Crippen molar-refractivity contribution in [3.63, 3.8) is 0 Å². The lowest BCUT2D eigenvalue weighted by Gasteiger charge is -2.42. The van der Waals surface area contributed by atoms with Gasteiger partial charge in [0, 0.05) is 18.5 Å². The maximum absolute atomic E-state index is 5.24. The van der Waals surface area contributed by atoms with Crippen LogP contribution >= 0.6 is 0 Å². The fraction of sp³-hybridized carbons (Fsp3) is 0.500. The Labute approximate surface area is 85.3 Å². The van der Waals surface area contributed by atoms with Crippen LogP contribution in [0.5, 0.6) is 5.75 Å². The summed E-state index contributed by atoms with van der Waals surface area (Å²) in [5, 5.41) is 3.35. The fourth-order valence-corrected chi connectivity index (χ4v) is 2.04. The first-order valence-corrected chi connectivity index (χ1v) is 5.16. The SMILES string of the molecule is CCC1(c2cccc(OC)c2)CNC1. The Balaban J connectivity index is 2.30. The molecule has 1 aromatic carbocycles. The molecule has 1 aliphatic rings. The second kappa shape index (κ2) is 3.62. The lowest BCUT2D eigenvalue weighted by Crippen LogP contribution is -2.56. The summed E-state index contributed by atoms with van der Waals surface area (Å²) in [6, 6.07) is 8.43. The Bertz CT molecular complexity index is 312. The van der Waals surface area contributed by atoms with Crippen molar-refractivity contribution in [1.82, 2.24) is 5.32 Å². The Kier molecular flexibility index (Phi) is 2.46. The smallest absolute Gasteiger partial charge is 0.119 e. The summed E-state index contributed by atoms with van der Waals surface area (Å²) in [7, 11) is 1.72. The Morgan fingerprint density at radius 3 is 2.71 bits per heavy atom. The largest absolute Gasteiger partial charge is 0.497 e. The predicted octanol–water partition coefficient (Wildman–Crippen LogP) is 1.95. The van der Waals surface area contributed by atoms with Gasteiger partial charge in [0.25, 0.3) is 0 Å². The molecule has 0 amide bonds. The highest BCUT2D eigenvalue weighted by Crippen LogP contribution is 2.33. The van der Waals surface area contributed by atoms with Crippen molar-refractivity contribution in [1.29, 1.82) is 0 Å². The highest BCUT2D eigenvalue weighted by molar-refractivity contribution is 5.36. The van der Waals surface area contributed by atoms with Gasteiger partial charge in [-0.25, -0.2) is 0 Å². The molecule has 1 N–H and O–H groups in total. The lowest BCUT2D eigenvalue weighted by atomic mass is 9.73. The number of rotatable bonds is 3. The summed E-state index contributed by atoms with van der Waals surface area (Å²) in [5.74, 6) is 0.960. The molecular weight excluding hydrogens is 174 g/mol. The van der Waals surface area contributed by atoms with Crippen LogP contribution in [0.25, 0.3) is 0 Å². The topological polar surface area (TPSA) is 21.3 Å². The zero-order valence-corrected chi connectivity index (χ0v) is 8.84. The van der Waals surface area contributed by atoms with E-state index in [0.717, 1.165) is 18.8 Å². The van der Waals surface area contributed by atoms with Gasteiger partial charge in [-0.15, -0.1) is 0 Å². The van der Waals surface area contributed by atoms with E-state index in [9.17, 15) is 0 Å².